The van der Waals surface area contributed by atoms with E-state index in [4.69, 9.17) is 10.7 Å². The van der Waals surface area contributed by atoms with Crippen LogP contribution in [0.5, 0.6) is 0 Å². The molecule has 1 aromatic heterocycles. The Morgan fingerprint density at radius 1 is 1.48 bits per heavy atom. The van der Waals surface area contributed by atoms with Crippen molar-refractivity contribution in [1.29, 1.82) is 0 Å². The van der Waals surface area contributed by atoms with Gasteiger partial charge >= 0.3 is 6.03 Å². The van der Waals surface area contributed by atoms with Crippen LogP contribution in [0.4, 0.5) is 4.79 Å². The molecule has 0 saturated heterocycles. The van der Waals surface area contributed by atoms with E-state index >= 15 is 0 Å². The van der Waals surface area contributed by atoms with Gasteiger partial charge < -0.3 is 11.1 Å². The lowest BCUT2D eigenvalue weighted by molar-refractivity contribution is 0.0987. The van der Waals surface area contributed by atoms with E-state index in [1.807, 2.05) is 0 Å². The molecule has 0 radical (unpaired) electrons. The standard InChI is InChI=1S/C15H14BrN5O2/c1-18-15(23)21-13-11(20-14(21)12(17)22)10(16)7-3-2-6-4-8(7)9(5-6)19-13/h2-3,6,9H,4-5H2,1H3,(H2,17,22)(H,18,23). The fraction of sp³-hybridized carbons (Fsp3) is 0.333. The van der Waals surface area contributed by atoms with Crippen LogP contribution in [0.15, 0.2) is 28.3 Å². The van der Waals surface area contributed by atoms with Crippen LogP contribution in [0.2, 0.25) is 0 Å². The molecule has 1 aliphatic heterocycles. The second kappa shape index (κ2) is 4.89. The van der Waals surface area contributed by atoms with E-state index < -0.39 is 11.9 Å². The third-order valence-electron chi connectivity index (χ3n) is 4.50. The minimum absolute atomic E-state index is 0.000340. The first-order chi connectivity index (χ1) is 11.0. The molecular weight excluding hydrogens is 362 g/mol. The van der Waals surface area contributed by atoms with Crippen molar-refractivity contribution in [3.05, 3.63) is 40.0 Å². The minimum Gasteiger partial charge on any atom is -0.363 e. The molecule has 0 aromatic carbocycles. The maximum atomic E-state index is 12.2. The molecule has 1 saturated carbocycles. The minimum atomic E-state index is -0.766. The second-order valence-corrected chi connectivity index (χ2v) is 6.61. The molecule has 2 bridgehead atoms. The van der Waals surface area contributed by atoms with Crippen molar-refractivity contribution in [1.82, 2.24) is 14.9 Å². The smallest absolute Gasteiger partial charge is 0.328 e. The summed E-state index contributed by atoms with van der Waals surface area (Å²) in [6.07, 6.45) is 6.13. The van der Waals surface area contributed by atoms with Gasteiger partial charge in [-0.1, -0.05) is 12.2 Å². The average Bonchev–Trinajstić information content (AvgIpc) is 3.03. The van der Waals surface area contributed by atoms with E-state index in [2.05, 4.69) is 38.4 Å². The molecule has 1 aromatic rings. The van der Waals surface area contributed by atoms with Crippen molar-refractivity contribution in [3.63, 3.8) is 0 Å². The topological polar surface area (TPSA) is 102 Å². The summed E-state index contributed by atoms with van der Waals surface area (Å²) in [7, 11) is 1.49. The molecule has 2 aliphatic carbocycles. The fourth-order valence-corrected chi connectivity index (χ4v) is 4.13. The monoisotopic (exact) mass is 375 g/mol. The van der Waals surface area contributed by atoms with Crippen molar-refractivity contribution in [2.75, 3.05) is 7.05 Å². The van der Waals surface area contributed by atoms with Gasteiger partial charge in [0.25, 0.3) is 5.91 Å². The summed E-state index contributed by atoms with van der Waals surface area (Å²) in [6, 6.07) is -0.483. The quantitative estimate of drug-likeness (QED) is 0.719. The summed E-state index contributed by atoms with van der Waals surface area (Å²) >= 11 is 3.58. The van der Waals surface area contributed by atoms with Crippen LogP contribution in [-0.2, 0) is 0 Å². The summed E-state index contributed by atoms with van der Waals surface area (Å²) in [6.45, 7) is 0. The Hall–Kier alpha value is -2.22. The molecule has 2 atom stereocenters. The normalized spacial score (nSPS) is 24.2. The average molecular weight is 376 g/mol. The number of primary amides is 1. The van der Waals surface area contributed by atoms with Crippen molar-refractivity contribution >= 4 is 32.4 Å². The predicted molar refractivity (Wildman–Crippen MR) is 86.4 cm³/mol. The Morgan fingerprint density at radius 2 is 2.26 bits per heavy atom. The molecule has 0 spiro atoms. The van der Waals surface area contributed by atoms with Gasteiger partial charge in [0.1, 0.15) is 5.35 Å². The molecule has 7 nitrogen and oxygen atoms in total. The number of allylic oxidation sites excluding steroid dienone is 3. The summed E-state index contributed by atoms with van der Waals surface area (Å²) in [5, 5.41) is 2.98. The lowest BCUT2D eigenvalue weighted by Crippen LogP contribution is -2.40. The van der Waals surface area contributed by atoms with Gasteiger partial charge in [-0.15, -0.1) is 0 Å². The van der Waals surface area contributed by atoms with Gasteiger partial charge in [-0.25, -0.2) is 14.3 Å². The van der Waals surface area contributed by atoms with Crippen LogP contribution in [0.25, 0.3) is 4.48 Å². The first kappa shape index (κ1) is 14.4. The largest absolute Gasteiger partial charge is 0.363 e. The van der Waals surface area contributed by atoms with Crippen LogP contribution in [0.3, 0.4) is 0 Å². The molecule has 1 fully saturated rings. The molecular formula is C15H14BrN5O2. The van der Waals surface area contributed by atoms with E-state index in [1.165, 1.54) is 12.6 Å². The molecule has 4 rings (SSSR count). The highest BCUT2D eigenvalue weighted by atomic mass is 79.9. The third-order valence-corrected chi connectivity index (χ3v) is 5.31. The summed E-state index contributed by atoms with van der Waals surface area (Å²) in [4.78, 5) is 33.0. The zero-order chi connectivity index (χ0) is 16.3. The molecule has 118 valence electrons. The molecule has 23 heavy (non-hydrogen) atoms. The zero-order valence-electron chi connectivity index (χ0n) is 12.3. The number of aromatic nitrogens is 2. The van der Waals surface area contributed by atoms with Gasteiger partial charge in [-0.2, -0.15) is 0 Å². The summed E-state index contributed by atoms with van der Waals surface area (Å²) < 4.78 is 1.91. The fourth-order valence-electron chi connectivity index (χ4n) is 3.47. The molecule has 2 heterocycles. The van der Waals surface area contributed by atoms with Gasteiger partial charge in [0.2, 0.25) is 5.82 Å². The number of nitrogens with two attached hydrogens (primary N) is 1. The van der Waals surface area contributed by atoms with E-state index in [0.29, 0.717) is 16.8 Å². The van der Waals surface area contributed by atoms with Gasteiger partial charge in [-0.05, 0) is 45.8 Å². The van der Waals surface area contributed by atoms with Crippen LogP contribution in [0.1, 0.15) is 23.5 Å². The zero-order valence-corrected chi connectivity index (χ0v) is 13.9. The Bertz CT molecular complexity index is 940. The Kier molecular flexibility index (Phi) is 3.06. The number of hydrogen-bond donors (Lipinski definition) is 2. The number of nitrogens with one attached hydrogen (secondary N) is 1. The highest BCUT2D eigenvalue weighted by Crippen LogP contribution is 2.43. The lowest BCUT2D eigenvalue weighted by atomic mass is 9.97. The van der Waals surface area contributed by atoms with Crippen molar-refractivity contribution in [2.45, 2.75) is 18.9 Å². The number of hydrogen-bond acceptors (Lipinski definition) is 4. The predicted octanol–water partition coefficient (Wildman–Crippen LogP) is -0.0492. The first-order valence-corrected chi connectivity index (χ1v) is 8.10. The Morgan fingerprint density at radius 3 is 2.96 bits per heavy atom. The number of imidazole rings is 1. The van der Waals surface area contributed by atoms with Crippen molar-refractivity contribution in [3.8, 4) is 0 Å². The van der Waals surface area contributed by atoms with Crippen molar-refractivity contribution in [2.24, 2.45) is 16.6 Å². The van der Waals surface area contributed by atoms with Gasteiger partial charge in [0.05, 0.1) is 10.5 Å². The Balaban J connectivity index is 2.11. The first-order valence-electron chi connectivity index (χ1n) is 7.31. The maximum absolute atomic E-state index is 12.2. The summed E-state index contributed by atoms with van der Waals surface area (Å²) in [5.74, 6) is -0.399. The highest BCUT2D eigenvalue weighted by molar-refractivity contribution is 9.15. The highest BCUT2D eigenvalue weighted by Gasteiger charge is 2.35. The van der Waals surface area contributed by atoms with Crippen LogP contribution in [-0.4, -0.2) is 34.6 Å². The van der Waals surface area contributed by atoms with E-state index in [9.17, 15) is 9.59 Å². The third kappa shape index (κ3) is 1.94. The van der Waals surface area contributed by atoms with Crippen molar-refractivity contribution < 1.29 is 9.59 Å². The number of fused-ring (bicyclic) bond motifs is 2. The molecule has 2 unspecified atom stereocenters. The molecule has 2 amide bonds. The van der Waals surface area contributed by atoms with Gasteiger partial charge in [0, 0.05) is 7.05 Å². The molecule has 8 heteroatoms. The lowest BCUT2D eigenvalue weighted by Gasteiger charge is -2.12. The number of carbonyl (C=O) groups is 2. The van der Waals surface area contributed by atoms with Gasteiger partial charge in [-0.3, -0.25) is 9.79 Å². The van der Waals surface area contributed by atoms with E-state index in [1.54, 1.807) is 0 Å². The number of carbonyl (C=O) groups excluding carboxylic acids is 2. The molecule has 3 N–H and O–H groups in total. The second-order valence-electron chi connectivity index (χ2n) is 5.82. The SMILES string of the molecule is CNC(=O)n1c(C(N)=O)nc2c1=NC1CC3C=CC(=C1C3)C=2Br. The number of amides is 2. The van der Waals surface area contributed by atoms with Gasteiger partial charge in [0.15, 0.2) is 5.49 Å². The molecule has 3 aliphatic rings. The maximum Gasteiger partial charge on any atom is 0.328 e. The van der Waals surface area contributed by atoms with Crippen LogP contribution in [0, 0.1) is 5.92 Å². The number of halogens is 1. The van der Waals surface area contributed by atoms with Crippen LogP contribution < -0.4 is 21.9 Å². The number of rotatable bonds is 1. The van der Waals surface area contributed by atoms with Crippen LogP contribution >= 0.6 is 15.9 Å². The number of nitrogens with zero attached hydrogens (tertiary/aromatic N) is 3. The summed E-state index contributed by atoms with van der Waals surface area (Å²) in [5.41, 5.74) is 8.07. The van der Waals surface area contributed by atoms with E-state index in [0.717, 1.165) is 27.5 Å². The Labute approximate surface area is 139 Å². The van der Waals surface area contributed by atoms with E-state index in [-0.39, 0.29) is 11.9 Å².